The zero-order chi connectivity index (χ0) is 19.4. The molecule has 0 N–H and O–H groups in total. The van der Waals surface area contributed by atoms with Crippen LogP contribution < -0.4 is 14.4 Å². The Morgan fingerprint density at radius 2 is 1.89 bits per heavy atom. The van der Waals surface area contributed by atoms with E-state index in [0.29, 0.717) is 28.0 Å². The molecule has 8 heteroatoms. The summed E-state index contributed by atoms with van der Waals surface area (Å²) in [5.41, 5.74) is 0. The van der Waals surface area contributed by atoms with Crippen LogP contribution in [-0.4, -0.2) is 50.4 Å². The highest BCUT2D eigenvalue weighted by Gasteiger charge is 2.35. The first-order valence-electron chi connectivity index (χ1n) is 8.28. The van der Waals surface area contributed by atoms with Crippen LogP contribution in [0.2, 0.25) is 0 Å². The molecule has 0 atom stereocenters. The molecule has 3 rings (SSSR count). The summed E-state index contributed by atoms with van der Waals surface area (Å²) >= 11 is 0.893. The fourth-order valence-electron chi connectivity index (χ4n) is 2.47. The highest BCUT2D eigenvalue weighted by molar-refractivity contribution is 8.18. The van der Waals surface area contributed by atoms with Gasteiger partial charge in [0.25, 0.3) is 11.1 Å². The summed E-state index contributed by atoms with van der Waals surface area (Å²) in [6, 6.07) is 10.8. The van der Waals surface area contributed by atoms with Crippen molar-refractivity contribution in [2.75, 3.05) is 39.3 Å². The molecule has 27 heavy (non-hydrogen) atoms. The van der Waals surface area contributed by atoms with Gasteiger partial charge in [-0.3, -0.25) is 14.5 Å². The molecule has 2 aromatic rings. The van der Waals surface area contributed by atoms with Crippen molar-refractivity contribution in [2.24, 2.45) is 0 Å². The second kappa shape index (κ2) is 8.22. The Morgan fingerprint density at radius 1 is 1.15 bits per heavy atom. The van der Waals surface area contributed by atoms with Gasteiger partial charge in [0.15, 0.2) is 17.4 Å². The minimum atomic E-state index is -0.351. The van der Waals surface area contributed by atoms with Crippen molar-refractivity contribution in [1.82, 2.24) is 4.90 Å². The molecule has 1 aliphatic rings. The first-order valence-corrected chi connectivity index (χ1v) is 9.09. The molecule has 1 aromatic carbocycles. The lowest BCUT2D eigenvalue weighted by Crippen LogP contribution is -2.32. The van der Waals surface area contributed by atoms with Crippen molar-refractivity contribution >= 4 is 34.9 Å². The Hall–Kier alpha value is -2.87. The predicted molar refractivity (Wildman–Crippen MR) is 104 cm³/mol. The van der Waals surface area contributed by atoms with Crippen LogP contribution in [0.5, 0.6) is 11.5 Å². The van der Waals surface area contributed by atoms with Gasteiger partial charge in [0.2, 0.25) is 0 Å². The zero-order valence-corrected chi connectivity index (χ0v) is 16.1. The normalized spacial score (nSPS) is 15.5. The van der Waals surface area contributed by atoms with Gasteiger partial charge >= 0.3 is 0 Å². The van der Waals surface area contributed by atoms with Gasteiger partial charge in [0.1, 0.15) is 12.4 Å². The van der Waals surface area contributed by atoms with E-state index in [9.17, 15) is 9.59 Å². The summed E-state index contributed by atoms with van der Waals surface area (Å²) < 4.78 is 16.5. The molecule has 7 nitrogen and oxygen atoms in total. The van der Waals surface area contributed by atoms with E-state index in [1.807, 2.05) is 31.1 Å². The van der Waals surface area contributed by atoms with Crippen molar-refractivity contribution in [3.8, 4) is 11.5 Å². The molecule has 1 aromatic heterocycles. The maximum Gasteiger partial charge on any atom is 0.293 e. The molecule has 142 valence electrons. The number of anilines is 1. The predicted octanol–water partition coefficient (Wildman–Crippen LogP) is 3.47. The van der Waals surface area contributed by atoms with Crippen LogP contribution in [0.4, 0.5) is 10.7 Å². The average molecular weight is 388 g/mol. The smallest absolute Gasteiger partial charge is 0.293 e. The van der Waals surface area contributed by atoms with Crippen molar-refractivity contribution in [3.63, 3.8) is 0 Å². The minimum absolute atomic E-state index is 0.154. The molecule has 0 radical (unpaired) electrons. The van der Waals surface area contributed by atoms with Crippen molar-refractivity contribution in [2.45, 2.75) is 0 Å². The Kier molecular flexibility index (Phi) is 5.75. The van der Waals surface area contributed by atoms with Crippen molar-refractivity contribution in [3.05, 3.63) is 47.1 Å². The number of hydrogen-bond donors (Lipinski definition) is 0. The van der Waals surface area contributed by atoms with E-state index >= 15 is 0 Å². The first-order chi connectivity index (χ1) is 13.0. The lowest BCUT2D eigenvalue weighted by molar-refractivity contribution is -0.123. The maximum atomic E-state index is 12.5. The molecular weight excluding hydrogens is 368 g/mol. The number of imide groups is 1. The molecule has 0 spiro atoms. The van der Waals surface area contributed by atoms with E-state index in [4.69, 9.17) is 13.9 Å². The Morgan fingerprint density at radius 3 is 2.56 bits per heavy atom. The second-order valence-corrected chi connectivity index (χ2v) is 6.90. The number of carbonyl (C=O) groups is 2. The van der Waals surface area contributed by atoms with Crippen LogP contribution >= 0.6 is 11.8 Å². The molecule has 2 amide bonds. The second-order valence-electron chi connectivity index (χ2n) is 5.90. The topological polar surface area (TPSA) is 72.2 Å². The van der Waals surface area contributed by atoms with Crippen molar-refractivity contribution in [1.29, 1.82) is 0 Å². The third-order valence-electron chi connectivity index (χ3n) is 3.84. The third-order valence-corrected chi connectivity index (χ3v) is 4.75. The summed E-state index contributed by atoms with van der Waals surface area (Å²) in [7, 11) is 5.27. The van der Waals surface area contributed by atoms with E-state index in [-0.39, 0.29) is 24.3 Å². The molecule has 2 heterocycles. The number of nitrogens with zero attached hydrogens (tertiary/aromatic N) is 2. The number of rotatable bonds is 7. The average Bonchev–Trinajstić information content (AvgIpc) is 3.22. The maximum absolute atomic E-state index is 12.5. The van der Waals surface area contributed by atoms with Crippen LogP contribution in [0.25, 0.3) is 6.08 Å². The number of thioether (sulfide) groups is 1. The van der Waals surface area contributed by atoms with Gasteiger partial charge in [-0.2, -0.15) is 0 Å². The quantitative estimate of drug-likeness (QED) is 0.673. The molecule has 1 fully saturated rings. The summed E-state index contributed by atoms with van der Waals surface area (Å²) in [5.74, 6) is 2.01. The van der Waals surface area contributed by atoms with Gasteiger partial charge in [-0.1, -0.05) is 12.1 Å². The number of amides is 2. The summed E-state index contributed by atoms with van der Waals surface area (Å²) in [6.07, 6.45) is 1.58. The standard InChI is InChI=1S/C19H20N2O5S/c1-20(2)17-9-8-13(26-17)12-16-18(22)21(19(23)27-16)10-11-25-15-7-5-4-6-14(15)24-3/h4-9,12H,10-11H2,1-3H3/b16-12-. The molecule has 0 unspecified atom stereocenters. The number of furan rings is 1. The van der Waals surface area contributed by atoms with E-state index in [1.54, 1.807) is 37.5 Å². The fraction of sp³-hybridized carbons (Fsp3) is 0.263. The van der Waals surface area contributed by atoms with Crippen LogP contribution in [0, 0.1) is 0 Å². The fourth-order valence-corrected chi connectivity index (χ4v) is 3.31. The van der Waals surface area contributed by atoms with Gasteiger partial charge < -0.3 is 18.8 Å². The number of methoxy groups -OCH3 is 1. The Balaban J connectivity index is 1.63. The zero-order valence-electron chi connectivity index (χ0n) is 15.3. The largest absolute Gasteiger partial charge is 0.493 e. The lowest BCUT2D eigenvalue weighted by atomic mass is 10.3. The lowest BCUT2D eigenvalue weighted by Gasteiger charge is -2.14. The Bertz CT molecular complexity index is 874. The molecule has 0 aliphatic carbocycles. The number of para-hydroxylation sites is 2. The first kappa shape index (κ1) is 18.9. The van der Waals surface area contributed by atoms with Gasteiger partial charge in [-0.05, 0) is 30.0 Å². The number of benzene rings is 1. The van der Waals surface area contributed by atoms with E-state index in [1.165, 1.54) is 4.90 Å². The highest BCUT2D eigenvalue weighted by Crippen LogP contribution is 2.33. The highest BCUT2D eigenvalue weighted by atomic mass is 32.2. The van der Waals surface area contributed by atoms with Crippen LogP contribution in [0.1, 0.15) is 5.76 Å². The number of hydrogen-bond acceptors (Lipinski definition) is 7. The van der Waals surface area contributed by atoms with Crippen LogP contribution in [-0.2, 0) is 4.79 Å². The van der Waals surface area contributed by atoms with E-state index in [0.717, 1.165) is 11.8 Å². The number of ether oxygens (including phenoxy) is 2. The summed E-state index contributed by atoms with van der Waals surface area (Å²) in [6.45, 7) is 0.332. The van der Waals surface area contributed by atoms with Crippen molar-refractivity contribution < 1.29 is 23.5 Å². The molecular formula is C19H20N2O5S. The summed E-state index contributed by atoms with van der Waals surface area (Å²) in [5, 5.41) is -0.325. The van der Waals surface area contributed by atoms with Crippen LogP contribution in [0.3, 0.4) is 0 Å². The monoisotopic (exact) mass is 388 g/mol. The molecule has 0 saturated carbocycles. The van der Waals surface area contributed by atoms with Gasteiger partial charge in [-0.15, -0.1) is 0 Å². The van der Waals surface area contributed by atoms with Gasteiger partial charge in [0.05, 0.1) is 18.6 Å². The molecule has 0 bridgehead atoms. The third kappa shape index (κ3) is 4.28. The van der Waals surface area contributed by atoms with Gasteiger partial charge in [0, 0.05) is 26.2 Å². The Labute approximate surface area is 161 Å². The van der Waals surface area contributed by atoms with Crippen LogP contribution in [0.15, 0.2) is 45.7 Å². The van der Waals surface area contributed by atoms with E-state index in [2.05, 4.69) is 0 Å². The molecule has 1 aliphatic heterocycles. The van der Waals surface area contributed by atoms with E-state index < -0.39 is 0 Å². The van der Waals surface area contributed by atoms with Gasteiger partial charge in [-0.25, -0.2) is 0 Å². The number of carbonyl (C=O) groups excluding carboxylic acids is 2. The minimum Gasteiger partial charge on any atom is -0.493 e. The SMILES string of the molecule is COc1ccccc1OCCN1C(=O)S/C(=C\c2ccc(N(C)C)o2)C1=O. The summed E-state index contributed by atoms with van der Waals surface area (Å²) in [4.78, 5) is 28.0. The molecule has 1 saturated heterocycles.